The standard InChI is InChI=1S/C14H20N2O/c1-11-9-14(2,3)16-13(15-11)10-17-12-7-5-4-6-8-12/h4-8,10-11,15-16H,9H2,1-3H3/b13-10+. The molecule has 1 atom stereocenters. The second kappa shape index (κ2) is 4.70. The van der Waals surface area contributed by atoms with Crippen molar-refractivity contribution in [2.45, 2.75) is 38.8 Å². The van der Waals surface area contributed by atoms with Crippen LogP contribution >= 0.6 is 0 Å². The minimum absolute atomic E-state index is 0.108. The van der Waals surface area contributed by atoms with E-state index in [9.17, 15) is 0 Å². The Morgan fingerprint density at radius 2 is 2.00 bits per heavy atom. The summed E-state index contributed by atoms with van der Waals surface area (Å²) in [7, 11) is 0. The summed E-state index contributed by atoms with van der Waals surface area (Å²) in [4.78, 5) is 0. The molecule has 1 aromatic carbocycles. The first-order valence-corrected chi connectivity index (χ1v) is 6.02. The van der Waals surface area contributed by atoms with Gasteiger partial charge in [0.25, 0.3) is 0 Å². The molecule has 0 amide bonds. The molecule has 0 aromatic heterocycles. The monoisotopic (exact) mass is 232 g/mol. The van der Waals surface area contributed by atoms with Crippen molar-refractivity contribution in [1.82, 2.24) is 10.6 Å². The maximum atomic E-state index is 5.60. The van der Waals surface area contributed by atoms with E-state index in [1.807, 2.05) is 30.3 Å². The van der Waals surface area contributed by atoms with E-state index in [0.29, 0.717) is 6.04 Å². The van der Waals surface area contributed by atoms with Crippen LogP contribution in [0.4, 0.5) is 0 Å². The van der Waals surface area contributed by atoms with Crippen molar-refractivity contribution in [2.75, 3.05) is 0 Å². The minimum Gasteiger partial charge on any atom is -0.461 e. The molecule has 0 spiro atoms. The summed E-state index contributed by atoms with van der Waals surface area (Å²) in [6, 6.07) is 10.2. The van der Waals surface area contributed by atoms with E-state index in [1.54, 1.807) is 6.26 Å². The van der Waals surface area contributed by atoms with Crippen molar-refractivity contribution in [3.63, 3.8) is 0 Å². The highest BCUT2D eigenvalue weighted by molar-refractivity contribution is 5.22. The third-order valence-electron chi connectivity index (χ3n) is 2.75. The second-order valence-electron chi connectivity index (χ2n) is 5.22. The maximum absolute atomic E-state index is 5.60. The molecule has 0 bridgehead atoms. The van der Waals surface area contributed by atoms with Crippen molar-refractivity contribution < 1.29 is 4.74 Å². The predicted octanol–water partition coefficient (Wildman–Crippen LogP) is 2.61. The van der Waals surface area contributed by atoms with Crippen LogP contribution in [0, 0.1) is 0 Å². The smallest absolute Gasteiger partial charge is 0.136 e. The lowest BCUT2D eigenvalue weighted by molar-refractivity contribution is 0.283. The molecule has 92 valence electrons. The predicted molar refractivity (Wildman–Crippen MR) is 69.6 cm³/mol. The van der Waals surface area contributed by atoms with Gasteiger partial charge >= 0.3 is 0 Å². The third kappa shape index (κ3) is 3.41. The van der Waals surface area contributed by atoms with Gasteiger partial charge in [0.1, 0.15) is 17.8 Å². The lowest BCUT2D eigenvalue weighted by atomic mass is 9.94. The molecule has 1 aliphatic rings. The average molecular weight is 232 g/mol. The van der Waals surface area contributed by atoms with E-state index < -0.39 is 0 Å². The van der Waals surface area contributed by atoms with Crippen molar-refractivity contribution in [1.29, 1.82) is 0 Å². The van der Waals surface area contributed by atoms with Crippen LogP contribution in [-0.2, 0) is 0 Å². The van der Waals surface area contributed by atoms with Crippen LogP contribution in [0.15, 0.2) is 42.4 Å². The Morgan fingerprint density at radius 3 is 2.65 bits per heavy atom. The number of rotatable bonds is 2. The Kier molecular flexibility index (Phi) is 3.27. The van der Waals surface area contributed by atoms with Crippen LogP contribution in [0.5, 0.6) is 5.75 Å². The molecule has 0 radical (unpaired) electrons. The zero-order valence-electron chi connectivity index (χ0n) is 10.7. The first-order valence-electron chi connectivity index (χ1n) is 6.02. The molecule has 1 saturated heterocycles. The van der Waals surface area contributed by atoms with E-state index in [2.05, 4.69) is 31.4 Å². The normalized spacial score (nSPS) is 24.9. The summed E-state index contributed by atoms with van der Waals surface area (Å²) >= 11 is 0. The van der Waals surface area contributed by atoms with Crippen molar-refractivity contribution in [3.05, 3.63) is 42.4 Å². The van der Waals surface area contributed by atoms with Crippen LogP contribution < -0.4 is 15.4 Å². The molecule has 1 fully saturated rings. The van der Waals surface area contributed by atoms with Gasteiger partial charge in [0.05, 0.1) is 0 Å². The first kappa shape index (κ1) is 11.8. The second-order valence-corrected chi connectivity index (χ2v) is 5.22. The van der Waals surface area contributed by atoms with Gasteiger partial charge in [-0.3, -0.25) is 0 Å². The Labute approximate surface area is 103 Å². The molecule has 17 heavy (non-hydrogen) atoms. The van der Waals surface area contributed by atoms with Crippen molar-refractivity contribution in [3.8, 4) is 5.75 Å². The first-order chi connectivity index (χ1) is 8.05. The number of hydrogen-bond acceptors (Lipinski definition) is 3. The molecule has 0 aliphatic carbocycles. The molecule has 3 heteroatoms. The molecule has 3 nitrogen and oxygen atoms in total. The van der Waals surface area contributed by atoms with E-state index in [4.69, 9.17) is 4.74 Å². The van der Waals surface area contributed by atoms with Crippen LogP contribution in [0.2, 0.25) is 0 Å². The Morgan fingerprint density at radius 1 is 1.29 bits per heavy atom. The Balaban J connectivity index is 2.02. The number of ether oxygens (including phenoxy) is 1. The van der Waals surface area contributed by atoms with Crippen LogP contribution in [0.25, 0.3) is 0 Å². The number of benzene rings is 1. The third-order valence-corrected chi connectivity index (χ3v) is 2.75. The van der Waals surface area contributed by atoms with Gasteiger partial charge in [-0.25, -0.2) is 0 Å². The fourth-order valence-electron chi connectivity index (χ4n) is 2.22. The van der Waals surface area contributed by atoms with Crippen LogP contribution in [-0.4, -0.2) is 11.6 Å². The minimum atomic E-state index is 0.108. The lowest BCUT2D eigenvalue weighted by Gasteiger charge is -2.38. The Hall–Kier alpha value is -1.64. The van der Waals surface area contributed by atoms with E-state index in [0.717, 1.165) is 18.0 Å². The van der Waals surface area contributed by atoms with Crippen LogP contribution in [0.1, 0.15) is 27.2 Å². The van der Waals surface area contributed by atoms with Crippen molar-refractivity contribution in [2.24, 2.45) is 0 Å². The lowest BCUT2D eigenvalue weighted by Crippen LogP contribution is -2.53. The molecule has 2 N–H and O–H groups in total. The molecule has 1 aliphatic heterocycles. The number of para-hydroxylation sites is 1. The Bertz CT molecular complexity index is 398. The summed E-state index contributed by atoms with van der Waals surface area (Å²) in [5, 5.41) is 6.79. The summed E-state index contributed by atoms with van der Waals surface area (Å²) in [6.07, 6.45) is 2.84. The van der Waals surface area contributed by atoms with Crippen LogP contribution in [0.3, 0.4) is 0 Å². The zero-order chi connectivity index (χ0) is 12.3. The molecule has 0 saturated carbocycles. The zero-order valence-corrected chi connectivity index (χ0v) is 10.7. The molecule has 1 unspecified atom stereocenters. The molecule has 2 rings (SSSR count). The molecule has 1 heterocycles. The highest BCUT2D eigenvalue weighted by Gasteiger charge is 2.27. The summed E-state index contributed by atoms with van der Waals surface area (Å²) < 4.78 is 5.60. The van der Waals surface area contributed by atoms with Gasteiger partial charge in [-0.2, -0.15) is 0 Å². The van der Waals surface area contributed by atoms with Gasteiger partial charge in [0.15, 0.2) is 0 Å². The van der Waals surface area contributed by atoms with Gasteiger partial charge in [0, 0.05) is 11.6 Å². The number of hydrogen-bond donors (Lipinski definition) is 2. The van der Waals surface area contributed by atoms with Gasteiger partial charge in [-0.05, 0) is 39.3 Å². The van der Waals surface area contributed by atoms with Crippen molar-refractivity contribution >= 4 is 0 Å². The van der Waals surface area contributed by atoms with Gasteiger partial charge in [0.2, 0.25) is 0 Å². The SMILES string of the molecule is CC1CC(C)(C)N/C(=C/Oc2ccccc2)N1. The quantitative estimate of drug-likeness (QED) is 0.769. The maximum Gasteiger partial charge on any atom is 0.136 e. The van der Waals surface area contributed by atoms with E-state index in [1.165, 1.54) is 0 Å². The molecular weight excluding hydrogens is 212 g/mol. The topological polar surface area (TPSA) is 33.3 Å². The van der Waals surface area contributed by atoms with Gasteiger partial charge in [-0.15, -0.1) is 0 Å². The largest absolute Gasteiger partial charge is 0.461 e. The summed E-state index contributed by atoms with van der Waals surface area (Å²) in [6.45, 7) is 6.57. The van der Waals surface area contributed by atoms with E-state index in [-0.39, 0.29) is 5.54 Å². The van der Waals surface area contributed by atoms with E-state index >= 15 is 0 Å². The fourth-order valence-corrected chi connectivity index (χ4v) is 2.22. The number of nitrogens with one attached hydrogen (secondary N) is 2. The highest BCUT2D eigenvalue weighted by atomic mass is 16.5. The van der Waals surface area contributed by atoms with Gasteiger partial charge < -0.3 is 15.4 Å². The summed E-state index contributed by atoms with van der Waals surface area (Å²) in [5.41, 5.74) is 0.108. The average Bonchev–Trinajstić information content (AvgIpc) is 2.25. The summed E-state index contributed by atoms with van der Waals surface area (Å²) in [5.74, 6) is 1.79. The van der Waals surface area contributed by atoms with Gasteiger partial charge in [-0.1, -0.05) is 18.2 Å². The highest BCUT2D eigenvalue weighted by Crippen LogP contribution is 2.18. The fraction of sp³-hybridized carbons (Fsp3) is 0.429. The molecule has 1 aromatic rings. The molecular formula is C14H20N2O.